The monoisotopic (exact) mass is 441 g/mol. The van der Waals surface area contributed by atoms with Crippen LogP contribution >= 0.6 is 11.6 Å². The summed E-state index contributed by atoms with van der Waals surface area (Å²) in [6, 6.07) is 13.3. The van der Waals surface area contributed by atoms with Crippen molar-refractivity contribution < 1.29 is 9.50 Å². The van der Waals surface area contributed by atoms with Gasteiger partial charge < -0.3 is 9.67 Å². The van der Waals surface area contributed by atoms with Gasteiger partial charge in [0, 0.05) is 30.2 Å². The number of benzene rings is 2. The maximum Gasteiger partial charge on any atom is 0.141 e. The Bertz CT molecular complexity index is 1070. The molecule has 0 atom stereocenters. The van der Waals surface area contributed by atoms with Gasteiger partial charge in [-0.3, -0.25) is 4.90 Å². The van der Waals surface area contributed by atoms with Gasteiger partial charge in [-0.2, -0.15) is 0 Å². The van der Waals surface area contributed by atoms with Crippen molar-refractivity contribution in [3.63, 3.8) is 0 Å². The fraction of sp³-hybridized carbons (Fsp3) is 0.480. The number of rotatable bonds is 4. The first kappa shape index (κ1) is 20.9. The number of halogens is 2. The molecular weight excluding hydrogens is 413 g/mol. The Hall–Kier alpha value is -1.95. The molecule has 0 unspecified atom stereocenters. The fourth-order valence-electron chi connectivity index (χ4n) is 5.64. The Morgan fingerprint density at radius 2 is 1.81 bits per heavy atom. The molecule has 1 N–H and O–H groups in total. The second kappa shape index (κ2) is 8.53. The van der Waals surface area contributed by atoms with Crippen molar-refractivity contribution in [2.45, 2.75) is 56.5 Å². The number of piperidine rings is 1. The summed E-state index contributed by atoms with van der Waals surface area (Å²) in [5.74, 6) is 0.430. The SMILES string of the molecule is OCC1(N2CCC(n3c(-c4ccc(F)c(Cl)c4)nc4ccccc43)CC2)CCCCC1. The van der Waals surface area contributed by atoms with E-state index in [1.54, 1.807) is 12.1 Å². The van der Waals surface area contributed by atoms with Crippen LogP contribution in [0.5, 0.6) is 0 Å². The molecule has 2 fully saturated rings. The molecule has 1 aliphatic heterocycles. The Morgan fingerprint density at radius 1 is 1.06 bits per heavy atom. The molecule has 4 nitrogen and oxygen atoms in total. The van der Waals surface area contributed by atoms with E-state index >= 15 is 0 Å². The van der Waals surface area contributed by atoms with Gasteiger partial charge in [0.15, 0.2) is 0 Å². The number of aliphatic hydroxyl groups excluding tert-OH is 1. The van der Waals surface area contributed by atoms with E-state index in [0.29, 0.717) is 6.04 Å². The highest BCUT2D eigenvalue weighted by Crippen LogP contribution is 2.39. The molecule has 1 aliphatic carbocycles. The zero-order chi connectivity index (χ0) is 21.4. The van der Waals surface area contributed by atoms with E-state index in [1.165, 1.54) is 25.3 Å². The number of para-hydroxylation sites is 2. The van der Waals surface area contributed by atoms with Crippen molar-refractivity contribution in [1.29, 1.82) is 0 Å². The molecule has 0 bridgehead atoms. The van der Waals surface area contributed by atoms with Crippen molar-refractivity contribution in [1.82, 2.24) is 14.5 Å². The quantitative estimate of drug-likeness (QED) is 0.554. The average Bonchev–Trinajstić information content (AvgIpc) is 3.21. The predicted molar refractivity (Wildman–Crippen MR) is 123 cm³/mol. The summed E-state index contributed by atoms with van der Waals surface area (Å²) < 4.78 is 16.1. The van der Waals surface area contributed by atoms with Crippen molar-refractivity contribution >= 4 is 22.6 Å². The van der Waals surface area contributed by atoms with E-state index in [2.05, 4.69) is 15.5 Å². The van der Waals surface area contributed by atoms with Crippen molar-refractivity contribution in [2.24, 2.45) is 0 Å². The number of nitrogens with zero attached hydrogens (tertiary/aromatic N) is 3. The van der Waals surface area contributed by atoms with E-state index in [1.807, 2.05) is 18.2 Å². The summed E-state index contributed by atoms with van der Waals surface area (Å²) in [7, 11) is 0. The van der Waals surface area contributed by atoms with E-state index in [9.17, 15) is 9.50 Å². The molecular formula is C25H29ClFN3O. The Kier molecular flexibility index (Phi) is 5.76. The van der Waals surface area contributed by atoms with Crippen LogP contribution in [0.25, 0.3) is 22.4 Å². The zero-order valence-corrected chi connectivity index (χ0v) is 18.5. The molecule has 2 aromatic carbocycles. The molecule has 2 aliphatic rings. The molecule has 5 rings (SSSR count). The minimum atomic E-state index is -0.414. The third kappa shape index (κ3) is 3.77. The van der Waals surface area contributed by atoms with Crippen LogP contribution in [0.4, 0.5) is 4.39 Å². The number of fused-ring (bicyclic) bond motifs is 1. The lowest BCUT2D eigenvalue weighted by atomic mass is 9.79. The predicted octanol–water partition coefficient (Wildman–Crippen LogP) is 5.83. The van der Waals surface area contributed by atoms with Gasteiger partial charge in [0.25, 0.3) is 0 Å². The van der Waals surface area contributed by atoms with Gasteiger partial charge in [0.05, 0.1) is 22.7 Å². The lowest BCUT2D eigenvalue weighted by molar-refractivity contribution is -0.0175. The highest BCUT2D eigenvalue weighted by Gasteiger charge is 2.39. The van der Waals surface area contributed by atoms with Crippen LogP contribution in [-0.2, 0) is 0 Å². The maximum absolute atomic E-state index is 13.8. The summed E-state index contributed by atoms with van der Waals surface area (Å²) in [6.07, 6.45) is 7.91. The molecule has 31 heavy (non-hydrogen) atoms. The Balaban J connectivity index is 1.47. The molecule has 164 valence electrons. The van der Waals surface area contributed by atoms with Crippen LogP contribution in [0.15, 0.2) is 42.5 Å². The second-order valence-corrected chi connectivity index (χ2v) is 9.49. The third-order valence-corrected chi connectivity index (χ3v) is 7.64. The smallest absolute Gasteiger partial charge is 0.141 e. The van der Waals surface area contributed by atoms with Crippen LogP contribution < -0.4 is 0 Å². The molecule has 0 amide bonds. The zero-order valence-electron chi connectivity index (χ0n) is 17.7. The van der Waals surface area contributed by atoms with Crippen LogP contribution in [0, 0.1) is 5.82 Å². The first-order valence-electron chi connectivity index (χ1n) is 11.4. The first-order chi connectivity index (χ1) is 15.1. The van der Waals surface area contributed by atoms with Gasteiger partial charge in [-0.25, -0.2) is 9.37 Å². The number of likely N-dealkylation sites (tertiary alicyclic amines) is 1. The van der Waals surface area contributed by atoms with Gasteiger partial charge >= 0.3 is 0 Å². The summed E-state index contributed by atoms with van der Waals surface area (Å²) in [5.41, 5.74) is 2.85. The number of imidazole rings is 1. The molecule has 0 spiro atoms. The van der Waals surface area contributed by atoms with Crippen LogP contribution in [0.3, 0.4) is 0 Å². The van der Waals surface area contributed by atoms with E-state index in [4.69, 9.17) is 16.6 Å². The molecule has 3 aromatic rings. The van der Waals surface area contributed by atoms with E-state index < -0.39 is 5.82 Å². The number of hydrogen-bond donors (Lipinski definition) is 1. The highest BCUT2D eigenvalue weighted by molar-refractivity contribution is 6.31. The van der Waals surface area contributed by atoms with Crippen molar-refractivity contribution in [3.8, 4) is 11.4 Å². The van der Waals surface area contributed by atoms with Gasteiger partial charge in [-0.15, -0.1) is 0 Å². The fourth-order valence-corrected chi connectivity index (χ4v) is 5.82. The van der Waals surface area contributed by atoms with Crippen molar-refractivity contribution in [2.75, 3.05) is 19.7 Å². The first-order valence-corrected chi connectivity index (χ1v) is 11.8. The minimum absolute atomic E-state index is 0.0342. The van der Waals surface area contributed by atoms with Crippen LogP contribution in [0.1, 0.15) is 51.0 Å². The van der Waals surface area contributed by atoms with E-state index in [-0.39, 0.29) is 17.2 Å². The van der Waals surface area contributed by atoms with Gasteiger partial charge in [-0.05, 0) is 56.0 Å². The average molecular weight is 442 g/mol. The molecule has 2 heterocycles. The maximum atomic E-state index is 13.8. The summed E-state index contributed by atoms with van der Waals surface area (Å²) >= 11 is 6.09. The molecule has 0 radical (unpaired) electrons. The standard InChI is InChI=1S/C25H29ClFN3O/c26-20-16-18(8-9-21(20)27)24-28-22-6-2-3-7-23(22)30(24)19-10-14-29(15-11-19)25(17-31)12-4-1-5-13-25/h2-3,6-9,16,19,31H,1,4-5,10-15,17H2. The summed E-state index contributed by atoms with van der Waals surface area (Å²) in [4.78, 5) is 7.43. The highest BCUT2D eigenvalue weighted by atomic mass is 35.5. The summed E-state index contributed by atoms with van der Waals surface area (Å²) in [5, 5.41) is 10.3. The molecule has 1 saturated heterocycles. The second-order valence-electron chi connectivity index (χ2n) is 9.08. The van der Waals surface area contributed by atoms with Crippen molar-refractivity contribution in [3.05, 3.63) is 53.3 Å². The number of aliphatic hydroxyl groups is 1. The Labute approximate surface area is 187 Å². The van der Waals surface area contributed by atoms with Crippen LogP contribution in [0.2, 0.25) is 5.02 Å². The topological polar surface area (TPSA) is 41.3 Å². The van der Waals surface area contributed by atoms with Gasteiger partial charge in [-0.1, -0.05) is 43.0 Å². The lowest BCUT2D eigenvalue weighted by Gasteiger charge is -2.48. The number of aromatic nitrogens is 2. The molecule has 1 saturated carbocycles. The lowest BCUT2D eigenvalue weighted by Crippen LogP contribution is -2.55. The minimum Gasteiger partial charge on any atom is -0.394 e. The molecule has 6 heteroatoms. The largest absolute Gasteiger partial charge is 0.394 e. The van der Waals surface area contributed by atoms with Gasteiger partial charge in [0.2, 0.25) is 0 Å². The van der Waals surface area contributed by atoms with Crippen LogP contribution in [-0.4, -0.2) is 44.8 Å². The summed E-state index contributed by atoms with van der Waals surface area (Å²) in [6.45, 7) is 2.20. The van der Waals surface area contributed by atoms with E-state index in [0.717, 1.165) is 61.2 Å². The number of hydrogen-bond acceptors (Lipinski definition) is 3. The normalized spacial score (nSPS) is 20.4. The third-order valence-electron chi connectivity index (χ3n) is 7.35. The molecule has 1 aromatic heterocycles. The van der Waals surface area contributed by atoms with Gasteiger partial charge in [0.1, 0.15) is 11.6 Å². The Morgan fingerprint density at radius 3 is 2.52 bits per heavy atom.